The first kappa shape index (κ1) is 13.5. The smallest absolute Gasteiger partial charge is 0.222 e. The number of hydrogen-bond donors (Lipinski definition) is 1. The highest BCUT2D eigenvalue weighted by Crippen LogP contribution is 2.34. The van der Waals surface area contributed by atoms with Crippen LogP contribution >= 0.6 is 0 Å². The van der Waals surface area contributed by atoms with E-state index < -0.39 is 0 Å². The Morgan fingerprint density at radius 2 is 2.19 bits per heavy atom. The number of likely N-dealkylation sites (N-methyl/N-ethyl adjacent to an activating group) is 1. The Labute approximate surface area is 98.1 Å². The lowest BCUT2D eigenvalue weighted by atomic mass is 10.1. The third kappa shape index (κ3) is 3.76. The van der Waals surface area contributed by atoms with Crippen molar-refractivity contribution in [2.75, 3.05) is 27.3 Å². The Morgan fingerprint density at radius 1 is 1.56 bits per heavy atom. The van der Waals surface area contributed by atoms with E-state index in [2.05, 4.69) is 0 Å². The molecule has 0 aromatic carbocycles. The minimum atomic E-state index is 0.187. The molecule has 0 aromatic heterocycles. The Hall–Kier alpha value is -0.610. The summed E-state index contributed by atoms with van der Waals surface area (Å²) in [5, 5.41) is 0. The summed E-state index contributed by atoms with van der Waals surface area (Å²) in [7, 11) is 3.54. The lowest BCUT2D eigenvalue weighted by molar-refractivity contribution is -0.133. The zero-order valence-electron chi connectivity index (χ0n) is 10.6. The number of amides is 1. The fourth-order valence-electron chi connectivity index (χ4n) is 2.12. The molecule has 16 heavy (non-hydrogen) atoms. The van der Waals surface area contributed by atoms with Crippen molar-refractivity contribution in [2.45, 2.75) is 32.2 Å². The molecular weight excluding hydrogens is 204 g/mol. The van der Waals surface area contributed by atoms with Gasteiger partial charge in [0.1, 0.15) is 0 Å². The number of nitrogens with two attached hydrogens (primary N) is 1. The van der Waals surface area contributed by atoms with Crippen molar-refractivity contribution in [1.29, 1.82) is 0 Å². The van der Waals surface area contributed by atoms with Gasteiger partial charge in [0.2, 0.25) is 5.91 Å². The summed E-state index contributed by atoms with van der Waals surface area (Å²) in [5.74, 6) is 1.10. The molecule has 0 aromatic rings. The van der Waals surface area contributed by atoms with E-state index >= 15 is 0 Å². The molecule has 94 valence electrons. The van der Waals surface area contributed by atoms with Crippen LogP contribution in [0.25, 0.3) is 0 Å². The molecule has 0 heterocycles. The molecule has 0 spiro atoms. The van der Waals surface area contributed by atoms with Crippen molar-refractivity contribution < 1.29 is 9.53 Å². The van der Waals surface area contributed by atoms with Crippen molar-refractivity contribution in [3.63, 3.8) is 0 Å². The second kappa shape index (κ2) is 6.21. The molecule has 1 saturated carbocycles. The van der Waals surface area contributed by atoms with E-state index in [0.717, 1.165) is 0 Å². The van der Waals surface area contributed by atoms with E-state index in [1.54, 1.807) is 7.11 Å². The van der Waals surface area contributed by atoms with Crippen LogP contribution < -0.4 is 5.73 Å². The van der Waals surface area contributed by atoms with Gasteiger partial charge >= 0.3 is 0 Å². The van der Waals surface area contributed by atoms with E-state index in [4.69, 9.17) is 10.5 Å². The minimum absolute atomic E-state index is 0.187. The van der Waals surface area contributed by atoms with Crippen LogP contribution in [-0.2, 0) is 9.53 Å². The standard InChI is InChI=1S/C12H24N2O2/c1-9(8-16-3)6-12(15)14(2)11(7-13)10-4-5-10/h9-11H,4-8,13H2,1-3H3. The Kier molecular flexibility index (Phi) is 5.22. The number of rotatable bonds is 7. The Bertz CT molecular complexity index is 229. The van der Waals surface area contributed by atoms with Crippen molar-refractivity contribution >= 4 is 5.91 Å². The van der Waals surface area contributed by atoms with Crippen LogP contribution in [-0.4, -0.2) is 44.2 Å². The van der Waals surface area contributed by atoms with E-state index in [0.29, 0.717) is 25.5 Å². The molecule has 4 nitrogen and oxygen atoms in total. The highest BCUT2D eigenvalue weighted by Gasteiger charge is 2.34. The van der Waals surface area contributed by atoms with Crippen LogP contribution in [0.5, 0.6) is 0 Å². The van der Waals surface area contributed by atoms with Gasteiger partial charge in [0.05, 0.1) is 0 Å². The van der Waals surface area contributed by atoms with Crippen molar-refractivity contribution in [1.82, 2.24) is 4.90 Å². The van der Waals surface area contributed by atoms with E-state index in [1.165, 1.54) is 12.8 Å². The van der Waals surface area contributed by atoms with Gasteiger partial charge in [-0.25, -0.2) is 0 Å². The summed E-state index contributed by atoms with van der Waals surface area (Å²) in [5.41, 5.74) is 5.72. The van der Waals surface area contributed by atoms with E-state index in [-0.39, 0.29) is 17.9 Å². The summed E-state index contributed by atoms with van der Waals surface area (Å²) < 4.78 is 5.04. The van der Waals surface area contributed by atoms with Gasteiger partial charge in [-0.3, -0.25) is 4.79 Å². The minimum Gasteiger partial charge on any atom is -0.384 e. The fourth-order valence-corrected chi connectivity index (χ4v) is 2.12. The molecule has 1 amide bonds. The third-order valence-corrected chi connectivity index (χ3v) is 3.27. The SMILES string of the molecule is COCC(C)CC(=O)N(C)C(CN)C1CC1. The summed E-state index contributed by atoms with van der Waals surface area (Å²) in [6.45, 7) is 3.24. The number of carbonyl (C=O) groups is 1. The van der Waals surface area contributed by atoms with Gasteiger partial charge in [0.15, 0.2) is 0 Å². The van der Waals surface area contributed by atoms with Gasteiger partial charge < -0.3 is 15.4 Å². The van der Waals surface area contributed by atoms with Crippen molar-refractivity contribution in [2.24, 2.45) is 17.6 Å². The molecule has 1 aliphatic carbocycles. The highest BCUT2D eigenvalue weighted by molar-refractivity contribution is 5.76. The maximum atomic E-state index is 12.0. The van der Waals surface area contributed by atoms with Crippen LogP contribution in [0, 0.1) is 11.8 Å². The second-order valence-electron chi connectivity index (χ2n) is 4.91. The third-order valence-electron chi connectivity index (χ3n) is 3.27. The van der Waals surface area contributed by atoms with Crippen LogP contribution in [0.4, 0.5) is 0 Å². The van der Waals surface area contributed by atoms with Gasteiger partial charge in [0.25, 0.3) is 0 Å². The predicted molar refractivity (Wildman–Crippen MR) is 64.0 cm³/mol. The van der Waals surface area contributed by atoms with Crippen molar-refractivity contribution in [3.05, 3.63) is 0 Å². The van der Waals surface area contributed by atoms with Crippen LogP contribution in [0.15, 0.2) is 0 Å². The first-order chi connectivity index (χ1) is 7.60. The first-order valence-electron chi connectivity index (χ1n) is 6.04. The Morgan fingerprint density at radius 3 is 2.62 bits per heavy atom. The first-order valence-corrected chi connectivity index (χ1v) is 6.04. The quantitative estimate of drug-likeness (QED) is 0.703. The number of hydrogen-bond acceptors (Lipinski definition) is 3. The molecule has 2 unspecified atom stereocenters. The number of ether oxygens (including phenoxy) is 1. The van der Waals surface area contributed by atoms with E-state index in [9.17, 15) is 4.79 Å². The van der Waals surface area contributed by atoms with Crippen LogP contribution in [0.3, 0.4) is 0 Å². The zero-order valence-corrected chi connectivity index (χ0v) is 10.6. The fraction of sp³-hybridized carbons (Fsp3) is 0.917. The molecule has 0 aliphatic heterocycles. The lowest BCUT2D eigenvalue weighted by Gasteiger charge is -2.28. The normalized spacial score (nSPS) is 19.2. The largest absolute Gasteiger partial charge is 0.384 e. The number of carbonyl (C=O) groups excluding carboxylic acids is 1. The van der Waals surface area contributed by atoms with Crippen LogP contribution in [0.2, 0.25) is 0 Å². The average molecular weight is 228 g/mol. The average Bonchev–Trinajstić information content (AvgIpc) is 3.03. The van der Waals surface area contributed by atoms with Crippen molar-refractivity contribution in [3.8, 4) is 0 Å². The lowest BCUT2D eigenvalue weighted by Crippen LogP contribution is -2.43. The van der Waals surface area contributed by atoms with Crippen LogP contribution in [0.1, 0.15) is 26.2 Å². The van der Waals surface area contributed by atoms with E-state index in [1.807, 2.05) is 18.9 Å². The van der Waals surface area contributed by atoms with Gasteiger partial charge in [-0.1, -0.05) is 6.92 Å². The summed E-state index contributed by atoms with van der Waals surface area (Å²) in [4.78, 5) is 13.8. The molecule has 0 saturated heterocycles. The Balaban J connectivity index is 2.39. The summed E-state index contributed by atoms with van der Waals surface area (Å²) in [6.07, 6.45) is 2.98. The van der Waals surface area contributed by atoms with Gasteiger partial charge in [-0.15, -0.1) is 0 Å². The molecule has 1 aliphatic rings. The topological polar surface area (TPSA) is 55.6 Å². The zero-order chi connectivity index (χ0) is 12.1. The number of methoxy groups -OCH3 is 1. The van der Waals surface area contributed by atoms with Gasteiger partial charge in [-0.2, -0.15) is 0 Å². The molecule has 1 fully saturated rings. The highest BCUT2D eigenvalue weighted by atomic mass is 16.5. The maximum Gasteiger partial charge on any atom is 0.222 e. The predicted octanol–water partition coefficient (Wildman–Crippen LogP) is 0.855. The second-order valence-corrected chi connectivity index (χ2v) is 4.91. The molecule has 1 rings (SSSR count). The molecule has 2 N–H and O–H groups in total. The molecule has 0 bridgehead atoms. The van der Waals surface area contributed by atoms with Gasteiger partial charge in [0, 0.05) is 39.8 Å². The number of nitrogens with zero attached hydrogens (tertiary/aromatic N) is 1. The van der Waals surface area contributed by atoms with Gasteiger partial charge in [-0.05, 0) is 24.7 Å². The summed E-state index contributed by atoms with van der Waals surface area (Å²) in [6, 6.07) is 0.238. The molecule has 2 atom stereocenters. The maximum absolute atomic E-state index is 12.0. The molecular formula is C12H24N2O2. The monoisotopic (exact) mass is 228 g/mol. The molecule has 0 radical (unpaired) electrons. The molecule has 4 heteroatoms. The summed E-state index contributed by atoms with van der Waals surface area (Å²) >= 11 is 0.